The zero-order chi connectivity index (χ0) is 15.0. The van der Waals surface area contributed by atoms with E-state index >= 15 is 0 Å². The second kappa shape index (κ2) is 5.83. The van der Waals surface area contributed by atoms with Crippen LogP contribution in [0.2, 0.25) is 5.02 Å². The summed E-state index contributed by atoms with van der Waals surface area (Å²) in [6, 6.07) is 13.3. The van der Waals surface area contributed by atoms with Crippen molar-refractivity contribution in [1.82, 2.24) is 5.16 Å². The van der Waals surface area contributed by atoms with Crippen molar-refractivity contribution in [3.63, 3.8) is 0 Å². The molecule has 3 nitrogen and oxygen atoms in total. The van der Waals surface area contributed by atoms with E-state index in [0.29, 0.717) is 10.7 Å². The van der Waals surface area contributed by atoms with Crippen molar-refractivity contribution < 1.29 is 4.52 Å². The lowest BCUT2D eigenvalue weighted by Gasteiger charge is -2.05. The molecule has 0 saturated carbocycles. The van der Waals surface area contributed by atoms with E-state index in [9.17, 15) is 0 Å². The van der Waals surface area contributed by atoms with Crippen LogP contribution in [-0.2, 0) is 0 Å². The first-order valence-electron chi connectivity index (χ1n) is 6.03. The molecule has 0 aliphatic carbocycles. The summed E-state index contributed by atoms with van der Waals surface area (Å²) in [6.45, 7) is 0. The fraction of sp³-hybridized carbons (Fsp3) is 0. The molecule has 1 heterocycles. The highest BCUT2D eigenvalue weighted by molar-refractivity contribution is 9.10. The zero-order valence-corrected chi connectivity index (χ0v) is 14.5. The Hall–Kier alpha value is -1.30. The highest BCUT2D eigenvalue weighted by atomic mass is 79.9. The van der Waals surface area contributed by atoms with Crippen LogP contribution in [0, 0.1) is 0 Å². The van der Waals surface area contributed by atoms with Gasteiger partial charge in [0.15, 0.2) is 0 Å². The Morgan fingerprint density at radius 1 is 1.00 bits per heavy atom. The Balaban J connectivity index is 2.21. The Morgan fingerprint density at radius 3 is 2.38 bits per heavy atom. The summed E-state index contributed by atoms with van der Waals surface area (Å²) in [4.78, 5) is 0. The van der Waals surface area contributed by atoms with E-state index in [1.54, 1.807) is 6.07 Å². The number of hydrogen-bond acceptors (Lipinski definition) is 3. The Bertz CT molecular complexity index is 800. The van der Waals surface area contributed by atoms with Crippen molar-refractivity contribution in [2.24, 2.45) is 0 Å². The number of benzene rings is 2. The van der Waals surface area contributed by atoms with Gasteiger partial charge in [-0.25, -0.2) is 0 Å². The van der Waals surface area contributed by atoms with Crippen LogP contribution in [0.4, 0.5) is 5.88 Å². The standard InChI is InChI=1S/C15H9Br2ClN2O/c16-9-3-1-8(2-4-9)13-14(20-21-15(13)19)11-7-10(17)5-6-12(11)18/h1-7H,19H2. The first-order chi connectivity index (χ1) is 10.1. The maximum Gasteiger partial charge on any atom is 0.230 e. The Labute approximate surface area is 143 Å². The molecule has 106 valence electrons. The quantitative estimate of drug-likeness (QED) is 0.564. The van der Waals surface area contributed by atoms with Gasteiger partial charge in [0.25, 0.3) is 0 Å². The third-order valence-electron chi connectivity index (χ3n) is 3.03. The average molecular weight is 429 g/mol. The summed E-state index contributed by atoms with van der Waals surface area (Å²) in [5.41, 5.74) is 8.99. The van der Waals surface area contributed by atoms with Gasteiger partial charge in [0.05, 0.1) is 10.6 Å². The second-order valence-corrected chi connectivity index (χ2v) is 6.64. The van der Waals surface area contributed by atoms with Gasteiger partial charge < -0.3 is 10.3 Å². The summed E-state index contributed by atoms with van der Waals surface area (Å²) < 4.78 is 7.07. The molecular formula is C15H9Br2ClN2O. The molecule has 3 aromatic rings. The van der Waals surface area contributed by atoms with Gasteiger partial charge in [0, 0.05) is 14.5 Å². The van der Waals surface area contributed by atoms with Crippen molar-refractivity contribution in [2.75, 3.05) is 5.73 Å². The zero-order valence-electron chi connectivity index (χ0n) is 10.6. The van der Waals surface area contributed by atoms with E-state index in [1.165, 1.54) is 0 Å². The third kappa shape index (κ3) is 2.86. The highest BCUT2D eigenvalue weighted by Gasteiger charge is 2.19. The molecule has 0 atom stereocenters. The monoisotopic (exact) mass is 426 g/mol. The lowest BCUT2D eigenvalue weighted by atomic mass is 10.0. The van der Waals surface area contributed by atoms with Crippen LogP contribution < -0.4 is 5.73 Å². The van der Waals surface area contributed by atoms with Gasteiger partial charge in [-0.05, 0) is 35.9 Å². The van der Waals surface area contributed by atoms with Crippen molar-refractivity contribution in [1.29, 1.82) is 0 Å². The molecule has 0 aliphatic heterocycles. The van der Waals surface area contributed by atoms with E-state index in [4.69, 9.17) is 21.9 Å². The van der Waals surface area contributed by atoms with Gasteiger partial charge >= 0.3 is 0 Å². The second-order valence-electron chi connectivity index (χ2n) is 4.40. The van der Waals surface area contributed by atoms with Gasteiger partial charge in [-0.15, -0.1) is 0 Å². The van der Waals surface area contributed by atoms with E-state index in [2.05, 4.69) is 37.0 Å². The molecule has 0 bridgehead atoms. The largest absolute Gasteiger partial charge is 0.367 e. The maximum absolute atomic E-state index is 6.27. The third-order valence-corrected chi connectivity index (χ3v) is 4.39. The summed E-state index contributed by atoms with van der Waals surface area (Å²) in [6.07, 6.45) is 0. The first kappa shape index (κ1) is 14.6. The molecule has 1 aromatic heterocycles. The molecular weight excluding hydrogens is 419 g/mol. The van der Waals surface area contributed by atoms with Gasteiger partial charge in [-0.2, -0.15) is 0 Å². The van der Waals surface area contributed by atoms with Crippen LogP contribution in [0.15, 0.2) is 55.9 Å². The molecule has 0 saturated heterocycles. The first-order valence-corrected chi connectivity index (χ1v) is 7.99. The van der Waals surface area contributed by atoms with Crippen molar-refractivity contribution in [3.05, 3.63) is 56.4 Å². The van der Waals surface area contributed by atoms with Crippen molar-refractivity contribution in [2.45, 2.75) is 0 Å². The summed E-state index contributed by atoms with van der Waals surface area (Å²) in [7, 11) is 0. The molecule has 0 amide bonds. The van der Waals surface area contributed by atoms with Gasteiger partial charge in [0.1, 0.15) is 5.69 Å². The predicted molar refractivity (Wildman–Crippen MR) is 92.2 cm³/mol. The van der Waals surface area contributed by atoms with Crippen LogP contribution >= 0.6 is 43.5 Å². The van der Waals surface area contributed by atoms with E-state index < -0.39 is 0 Å². The van der Waals surface area contributed by atoms with Crippen molar-refractivity contribution in [3.8, 4) is 22.4 Å². The minimum absolute atomic E-state index is 0.267. The molecule has 3 rings (SSSR count). The average Bonchev–Trinajstić information content (AvgIpc) is 2.84. The highest BCUT2D eigenvalue weighted by Crippen LogP contribution is 2.40. The van der Waals surface area contributed by atoms with E-state index in [1.807, 2.05) is 36.4 Å². The van der Waals surface area contributed by atoms with Gasteiger partial charge in [0.2, 0.25) is 5.88 Å². The molecule has 0 fully saturated rings. The van der Waals surface area contributed by atoms with E-state index in [-0.39, 0.29) is 5.88 Å². The maximum atomic E-state index is 6.27. The molecule has 0 unspecified atom stereocenters. The number of anilines is 1. The SMILES string of the molecule is Nc1onc(-c2cc(Br)ccc2Cl)c1-c1ccc(Br)cc1. The number of rotatable bonds is 2. The predicted octanol–water partition coefficient (Wildman–Crippen LogP) is 5.77. The molecule has 2 aromatic carbocycles. The molecule has 0 spiro atoms. The van der Waals surface area contributed by atoms with Crippen LogP contribution in [0.1, 0.15) is 0 Å². The molecule has 6 heteroatoms. The summed E-state index contributed by atoms with van der Waals surface area (Å²) >= 11 is 13.1. The minimum Gasteiger partial charge on any atom is -0.367 e. The normalized spacial score (nSPS) is 10.8. The van der Waals surface area contributed by atoms with Crippen LogP contribution in [0.25, 0.3) is 22.4 Å². The summed E-state index contributed by atoms with van der Waals surface area (Å²) in [5, 5.41) is 4.66. The number of nitrogen functional groups attached to an aromatic ring is 1. The van der Waals surface area contributed by atoms with Crippen molar-refractivity contribution >= 4 is 49.3 Å². The lowest BCUT2D eigenvalue weighted by molar-refractivity contribution is 0.439. The van der Waals surface area contributed by atoms with Crippen LogP contribution in [0.3, 0.4) is 0 Å². The van der Waals surface area contributed by atoms with Crippen LogP contribution in [0.5, 0.6) is 0 Å². The minimum atomic E-state index is 0.267. The number of nitrogens with zero attached hydrogens (tertiary/aromatic N) is 1. The number of halogens is 3. The molecule has 0 radical (unpaired) electrons. The van der Waals surface area contributed by atoms with Gasteiger partial charge in [-0.1, -0.05) is 60.8 Å². The van der Waals surface area contributed by atoms with Gasteiger partial charge in [-0.3, -0.25) is 0 Å². The smallest absolute Gasteiger partial charge is 0.230 e. The number of nitrogens with two attached hydrogens (primary N) is 1. The van der Waals surface area contributed by atoms with E-state index in [0.717, 1.165) is 25.6 Å². The number of hydrogen-bond donors (Lipinski definition) is 1. The Morgan fingerprint density at radius 2 is 1.67 bits per heavy atom. The molecule has 21 heavy (non-hydrogen) atoms. The number of aromatic nitrogens is 1. The fourth-order valence-corrected chi connectivity index (χ4v) is 2.89. The summed E-state index contributed by atoms with van der Waals surface area (Å²) in [5.74, 6) is 0.267. The van der Waals surface area contributed by atoms with Crippen LogP contribution in [-0.4, -0.2) is 5.16 Å². The topological polar surface area (TPSA) is 52.0 Å². The fourth-order valence-electron chi connectivity index (χ4n) is 2.06. The molecule has 2 N–H and O–H groups in total. The Kier molecular flexibility index (Phi) is 4.06. The molecule has 0 aliphatic rings. The lowest BCUT2D eigenvalue weighted by Crippen LogP contribution is -1.88.